The van der Waals surface area contributed by atoms with Gasteiger partial charge in [-0.25, -0.2) is 4.79 Å². The minimum atomic E-state index is -0.902. The lowest BCUT2D eigenvalue weighted by atomic mass is 9.53. The standard InChI is InChI=1S/C17H23NO3/c1-12(19)15-9-14(17(15,2)3)11-18(16(20)21)10-13-7-5-4-6-8-13/h4-8,14-15H,9-11H2,1-3H3,(H,20,21)/t14-,15+/m0/s1. The summed E-state index contributed by atoms with van der Waals surface area (Å²) in [5, 5.41) is 9.41. The van der Waals surface area contributed by atoms with Crippen molar-refractivity contribution in [2.45, 2.75) is 33.7 Å². The molecular weight excluding hydrogens is 266 g/mol. The first-order valence-electron chi connectivity index (χ1n) is 7.34. The molecule has 1 aliphatic rings. The molecule has 2 rings (SSSR count). The molecule has 0 aromatic heterocycles. The lowest BCUT2D eigenvalue weighted by molar-refractivity contribution is -0.137. The van der Waals surface area contributed by atoms with E-state index in [1.54, 1.807) is 6.92 Å². The Bertz CT molecular complexity index is 524. The highest BCUT2D eigenvalue weighted by Crippen LogP contribution is 2.51. The molecule has 1 amide bonds. The quantitative estimate of drug-likeness (QED) is 0.903. The molecule has 0 saturated heterocycles. The molecule has 21 heavy (non-hydrogen) atoms. The van der Waals surface area contributed by atoms with E-state index < -0.39 is 6.09 Å². The highest BCUT2D eigenvalue weighted by Gasteiger charge is 2.50. The molecule has 0 aliphatic heterocycles. The van der Waals surface area contributed by atoms with Crippen LogP contribution in [0.2, 0.25) is 0 Å². The first-order valence-corrected chi connectivity index (χ1v) is 7.34. The summed E-state index contributed by atoms with van der Waals surface area (Å²) in [6, 6.07) is 9.60. The fourth-order valence-electron chi connectivity index (χ4n) is 3.30. The van der Waals surface area contributed by atoms with E-state index in [2.05, 4.69) is 13.8 Å². The number of nitrogens with zero attached hydrogens (tertiary/aromatic N) is 1. The molecule has 0 bridgehead atoms. The number of hydrogen-bond acceptors (Lipinski definition) is 2. The molecule has 1 aliphatic carbocycles. The van der Waals surface area contributed by atoms with Crippen molar-refractivity contribution in [3.8, 4) is 0 Å². The number of ketones is 1. The van der Waals surface area contributed by atoms with Gasteiger partial charge in [-0.2, -0.15) is 0 Å². The average molecular weight is 289 g/mol. The van der Waals surface area contributed by atoms with Crippen molar-refractivity contribution in [2.75, 3.05) is 6.54 Å². The van der Waals surface area contributed by atoms with Crippen LogP contribution in [0.1, 0.15) is 32.8 Å². The van der Waals surface area contributed by atoms with E-state index in [0.29, 0.717) is 13.1 Å². The van der Waals surface area contributed by atoms with Crippen LogP contribution < -0.4 is 0 Å². The largest absolute Gasteiger partial charge is 0.465 e. The number of carbonyl (C=O) groups excluding carboxylic acids is 1. The number of rotatable bonds is 5. The van der Waals surface area contributed by atoms with Gasteiger partial charge in [0.25, 0.3) is 0 Å². The van der Waals surface area contributed by atoms with Gasteiger partial charge in [-0.15, -0.1) is 0 Å². The van der Waals surface area contributed by atoms with Gasteiger partial charge in [0.2, 0.25) is 0 Å². The molecule has 1 aromatic rings. The fourth-order valence-corrected chi connectivity index (χ4v) is 3.30. The molecule has 0 spiro atoms. The average Bonchev–Trinajstić information content (AvgIpc) is 2.41. The van der Waals surface area contributed by atoms with Crippen molar-refractivity contribution in [1.82, 2.24) is 4.90 Å². The molecule has 4 nitrogen and oxygen atoms in total. The topological polar surface area (TPSA) is 57.6 Å². The maximum atomic E-state index is 11.6. The van der Waals surface area contributed by atoms with Crippen LogP contribution in [0.25, 0.3) is 0 Å². The van der Waals surface area contributed by atoms with Gasteiger partial charge in [-0.3, -0.25) is 4.79 Å². The minimum Gasteiger partial charge on any atom is -0.465 e. The van der Waals surface area contributed by atoms with Gasteiger partial charge in [0.15, 0.2) is 0 Å². The van der Waals surface area contributed by atoms with Crippen LogP contribution >= 0.6 is 0 Å². The SMILES string of the molecule is CC(=O)[C@H]1C[C@@H](CN(Cc2ccccc2)C(=O)O)C1(C)C. The van der Waals surface area contributed by atoms with E-state index >= 15 is 0 Å². The molecule has 0 heterocycles. The third kappa shape index (κ3) is 3.26. The van der Waals surface area contributed by atoms with Gasteiger partial charge >= 0.3 is 6.09 Å². The number of benzene rings is 1. The van der Waals surface area contributed by atoms with E-state index in [-0.39, 0.29) is 23.0 Å². The second kappa shape index (κ2) is 5.88. The molecule has 1 saturated carbocycles. The van der Waals surface area contributed by atoms with Crippen LogP contribution in [0.15, 0.2) is 30.3 Å². The number of Topliss-reactive ketones (excluding diaryl/α,β-unsaturated/α-hetero) is 1. The van der Waals surface area contributed by atoms with E-state index in [1.807, 2.05) is 30.3 Å². The van der Waals surface area contributed by atoms with Gasteiger partial charge in [0, 0.05) is 19.0 Å². The molecular formula is C17H23NO3. The normalized spacial score (nSPS) is 23.2. The second-order valence-corrected chi connectivity index (χ2v) is 6.57. The third-order valence-electron chi connectivity index (χ3n) is 4.89. The van der Waals surface area contributed by atoms with Gasteiger partial charge in [0.05, 0.1) is 0 Å². The smallest absolute Gasteiger partial charge is 0.407 e. The Hall–Kier alpha value is -1.84. The number of hydrogen-bond donors (Lipinski definition) is 1. The first kappa shape index (κ1) is 15.5. The third-order valence-corrected chi connectivity index (χ3v) is 4.89. The Morgan fingerprint density at radius 3 is 2.38 bits per heavy atom. The lowest BCUT2D eigenvalue weighted by Gasteiger charge is -2.52. The number of carbonyl (C=O) groups is 2. The summed E-state index contributed by atoms with van der Waals surface area (Å²) in [5.41, 5.74) is 0.871. The van der Waals surface area contributed by atoms with Gasteiger partial charge in [-0.05, 0) is 30.2 Å². The van der Waals surface area contributed by atoms with Crippen LogP contribution in [0.5, 0.6) is 0 Å². The molecule has 1 N–H and O–H groups in total. The predicted octanol–water partition coefficient (Wildman–Crippen LogP) is 3.42. The molecule has 2 atom stereocenters. The highest BCUT2D eigenvalue weighted by molar-refractivity contribution is 5.80. The second-order valence-electron chi connectivity index (χ2n) is 6.57. The Labute approximate surface area is 125 Å². The van der Waals surface area contributed by atoms with Crippen molar-refractivity contribution in [3.05, 3.63) is 35.9 Å². The van der Waals surface area contributed by atoms with Gasteiger partial charge in [0.1, 0.15) is 5.78 Å². The van der Waals surface area contributed by atoms with E-state index in [9.17, 15) is 14.7 Å². The molecule has 1 aromatic carbocycles. The maximum Gasteiger partial charge on any atom is 0.407 e. The molecule has 0 radical (unpaired) electrons. The zero-order valence-corrected chi connectivity index (χ0v) is 12.9. The fraction of sp³-hybridized carbons (Fsp3) is 0.529. The summed E-state index contributed by atoms with van der Waals surface area (Å²) in [6.07, 6.45) is -0.109. The van der Waals surface area contributed by atoms with Gasteiger partial charge in [-0.1, -0.05) is 44.2 Å². The Morgan fingerprint density at radius 2 is 1.90 bits per heavy atom. The summed E-state index contributed by atoms with van der Waals surface area (Å²) in [4.78, 5) is 24.5. The summed E-state index contributed by atoms with van der Waals surface area (Å²) in [6.45, 7) is 6.64. The number of carboxylic acid groups (broad SMARTS) is 1. The first-order chi connectivity index (χ1) is 9.82. The summed E-state index contributed by atoms with van der Waals surface area (Å²) in [5.74, 6) is 0.516. The Balaban J connectivity index is 2.02. The van der Waals surface area contributed by atoms with E-state index in [4.69, 9.17) is 0 Å². The van der Waals surface area contributed by atoms with Crippen LogP contribution in [-0.4, -0.2) is 28.4 Å². The van der Waals surface area contributed by atoms with E-state index in [1.165, 1.54) is 4.90 Å². The zero-order chi connectivity index (χ0) is 15.6. The highest BCUT2D eigenvalue weighted by atomic mass is 16.4. The summed E-state index contributed by atoms with van der Waals surface area (Å²) in [7, 11) is 0. The Kier molecular flexibility index (Phi) is 4.35. The van der Waals surface area contributed by atoms with Crippen molar-refractivity contribution in [1.29, 1.82) is 0 Å². The van der Waals surface area contributed by atoms with Crippen LogP contribution in [0.3, 0.4) is 0 Å². The van der Waals surface area contributed by atoms with Crippen LogP contribution in [0, 0.1) is 17.3 Å². The molecule has 4 heteroatoms. The zero-order valence-electron chi connectivity index (χ0n) is 12.9. The summed E-state index contributed by atoms with van der Waals surface area (Å²) >= 11 is 0. The minimum absolute atomic E-state index is 0.0647. The van der Waals surface area contributed by atoms with Crippen molar-refractivity contribution in [2.24, 2.45) is 17.3 Å². The molecule has 0 unspecified atom stereocenters. The van der Waals surface area contributed by atoms with Crippen LogP contribution in [-0.2, 0) is 11.3 Å². The summed E-state index contributed by atoms with van der Waals surface area (Å²) < 4.78 is 0. The van der Waals surface area contributed by atoms with Crippen molar-refractivity contribution in [3.63, 3.8) is 0 Å². The lowest BCUT2D eigenvalue weighted by Crippen LogP contribution is -2.53. The predicted molar refractivity (Wildman–Crippen MR) is 80.9 cm³/mol. The van der Waals surface area contributed by atoms with Crippen LogP contribution in [0.4, 0.5) is 4.79 Å². The number of amides is 1. The Morgan fingerprint density at radius 1 is 1.29 bits per heavy atom. The maximum absolute atomic E-state index is 11.6. The van der Waals surface area contributed by atoms with Gasteiger partial charge < -0.3 is 10.0 Å². The van der Waals surface area contributed by atoms with E-state index in [0.717, 1.165) is 12.0 Å². The van der Waals surface area contributed by atoms with Crippen molar-refractivity contribution >= 4 is 11.9 Å². The molecule has 114 valence electrons. The monoisotopic (exact) mass is 289 g/mol. The van der Waals surface area contributed by atoms with Crippen molar-refractivity contribution < 1.29 is 14.7 Å². The molecule has 1 fully saturated rings.